The number of rotatable bonds is 3. The fourth-order valence-corrected chi connectivity index (χ4v) is 2.24. The molecule has 2 aromatic rings. The molecule has 0 aliphatic carbocycles. The molecule has 0 aliphatic rings. The third-order valence-corrected chi connectivity index (χ3v) is 3.34. The third-order valence-electron chi connectivity index (χ3n) is 3.34. The molecule has 2 N–H and O–H groups in total. The maximum atomic E-state index is 11.3. The van der Waals surface area contributed by atoms with E-state index < -0.39 is 4.92 Å². The molecule has 1 aromatic carbocycles. The highest BCUT2D eigenvalue weighted by molar-refractivity contribution is 5.95. The highest BCUT2D eigenvalue weighted by Gasteiger charge is 2.24. The number of nitrogens with two attached hydrogens (primary N) is 1. The van der Waals surface area contributed by atoms with Crippen LogP contribution in [-0.2, 0) is 0 Å². The number of hydrogen-bond acceptors (Lipinski definition) is 5. The summed E-state index contributed by atoms with van der Waals surface area (Å²) < 4.78 is 0. The molecule has 6 heteroatoms. The minimum atomic E-state index is -0.480. The summed E-state index contributed by atoms with van der Waals surface area (Å²) in [5, 5.41) is 11.3. The third kappa shape index (κ3) is 2.60. The first-order valence-electron chi connectivity index (χ1n) is 6.35. The molecule has 0 bridgehead atoms. The van der Waals surface area contributed by atoms with Gasteiger partial charge in [0.1, 0.15) is 5.69 Å². The van der Waals surface area contributed by atoms with Crippen LogP contribution in [0.1, 0.15) is 28.7 Å². The molecule has 0 radical (unpaired) electrons. The number of aromatic nitrogens is 1. The Morgan fingerprint density at radius 3 is 2.24 bits per heavy atom. The summed E-state index contributed by atoms with van der Waals surface area (Å²) in [4.78, 5) is 26.2. The Morgan fingerprint density at radius 1 is 1.19 bits per heavy atom. The number of nitro groups is 1. The van der Waals surface area contributed by atoms with Crippen LogP contribution in [0.5, 0.6) is 0 Å². The number of aryl methyl sites for hydroxylation is 2. The number of carbonyl (C=O) groups is 1. The zero-order valence-corrected chi connectivity index (χ0v) is 12.0. The van der Waals surface area contributed by atoms with Gasteiger partial charge in [-0.05, 0) is 26.3 Å². The first kappa shape index (κ1) is 14.6. The van der Waals surface area contributed by atoms with Crippen LogP contribution in [0.3, 0.4) is 0 Å². The number of hydrogen-bond donors (Lipinski definition) is 1. The van der Waals surface area contributed by atoms with Crippen molar-refractivity contribution in [2.75, 3.05) is 5.73 Å². The van der Waals surface area contributed by atoms with Crippen LogP contribution < -0.4 is 5.73 Å². The van der Waals surface area contributed by atoms with Gasteiger partial charge in [-0.1, -0.05) is 24.3 Å². The summed E-state index contributed by atoms with van der Waals surface area (Å²) in [7, 11) is 0. The lowest BCUT2D eigenvalue weighted by atomic mass is 9.98. The lowest BCUT2D eigenvalue weighted by Crippen LogP contribution is -2.05. The van der Waals surface area contributed by atoms with Crippen molar-refractivity contribution in [2.24, 2.45) is 0 Å². The van der Waals surface area contributed by atoms with Crippen molar-refractivity contribution < 1.29 is 9.72 Å². The molecule has 108 valence electrons. The highest BCUT2D eigenvalue weighted by Crippen LogP contribution is 2.38. The summed E-state index contributed by atoms with van der Waals surface area (Å²) in [6, 6.07) is 6.58. The molecule has 0 atom stereocenters. The second-order valence-corrected chi connectivity index (χ2v) is 4.81. The molecular formula is C15H15N3O3. The fourth-order valence-electron chi connectivity index (χ4n) is 2.24. The molecule has 0 amide bonds. The summed E-state index contributed by atoms with van der Waals surface area (Å²) in [5.74, 6) is -0.0638. The van der Waals surface area contributed by atoms with E-state index in [1.165, 1.54) is 6.92 Å². The van der Waals surface area contributed by atoms with Gasteiger partial charge in [-0.3, -0.25) is 14.9 Å². The maximum absolute atomic E-state index is 11.3. The molecule has 21 heavy (non-hydrogen) atoms. The van der Waals surface area contributed by atoms with Gasteiger partial charge in [-0.15, -0.1) is 0 Å². The Hall–Kier alpha value is -2.76. The van der Waals surface area contributed by atoms with Gasteiger partial charge < -0.3 is 5.73 Å². The van der Waals surface area contributed by atoms with Crippen molar-refractivity contribution in [3.05, 3.63) is 51.3 Å². The largest absolute Gasteiger partial charge is 0.397 e. The minimum Gasteiger partial charge on any atom is -0.397 e. The van der Waals surface area contributed by atoms with Crippen molar-refractivity contribution in [2.45, 2.75) is 20.8 Å². The number of anilines is 1. The topological polar surface area (TPSA) is 99.1 Å². The van der Waals surface area contributed by atoms with Crippen LogP contribution in [0.25, 0.3) is 11.1 Å². The Morgan fingerprint density at radius 2 is 1.76 bits per heavy atom. The quantitative estimate of drug-likeness (QED) is 0.530. The van der Waals surface area contributed by atoms with E-state index >= 15 is 0 Å². The van der Waals surface area contributed by atoms with Gasteiger partial charge >= 0.3 is 0 Å². The average Bonchev–Trinajstić information content (AvgIpc) is 2.42. The van der Waals surface area contributed by atoms with Gasteiger partial charge in [0.15, 0.2) is 5.78 Å². The lowest BCUT2D eigenvalue weighted by molar-refractivity contribution is -0.385. The van der Waals surface area contributed by atoms with Crippen molar-refractivity contribution in [3.8, 4) is 11.1 Å². The number of pyridine rings is 1. The molecule has 0 spiro atoms. The van der Waals surface area contributed by atoms with E-state index in [9.17, 15) is 14.9 Å². The van der Waals surface area contributed by atoms with Gasteiger partial charge in [0.2, 0.25) is 0 Å². The SMILES string of the molecule is CC(=O)c1ccc(-c2c(N)c(C)nc(C)c2[N+](=O)[O-])cc1. The molecule has 0 saturated carbocycles. The first-order chi connectivity index (χ1) is 9.82. The monoisotopic (exact) mass is 285 g/mol. The van der Waals surface area contributed by atoms with Crippen LogP contribution in [0.4, 0.5) is 11.4 Å². The number of carbonyl (C=O) groups excluding carboxylic acids is 1. The normalized spacial score (nSPS) is 10.4. The Balaban J connectivity index is 2.72. The number of nitrogen functional groups attached to an aromatic ring is 1. The summed E-state index contributed by atoms with van der Waals surface area (Å²) in [5.41, 5.74) is 8.51. The molecule has 6 nitrogen and oxygen atoms in total. The predicted octanol–water partition coefficient (Wildman–Crippen LogP) is 3.06. The van der Waals surface area contributed by atoms with Gasteiger partial charge in [-0.25, -0.2) is 4.98 Å². The molecular weight excluding hydrogens is 270 g/mol. The van der Waals surface area contributed by atoms with Crippen LogP contribution >= 0.6 is 0 Å². The lowest BCUT2D eigenvalue weighted by Gasteiger charge is -2.11. The molecule has 0 aliphatic heterocycles. The molecule has 1 heterocycles. The van der Waals surface area contributed by atoms with E-state index in [4.69, 9.17) is 5.73 Å². The maximum Gasteiger partial charge on any atom is 0.300 e. The van der Waals surface area contributed by atoms with Gasteiger partial charge in [0.25, 0.3) is 5.69 Å². The first-order valence-corrected chi connectivity index (χ1v) is 6.35. The van der Waals surface area contributed by atoms with Crippen LogP contribution in [0, 0.1) is 24.0 Å². The van der Waals surface area contributed by atoms with E-state index in [-0.39, 0.29) is 17.2 Å². The van der Waals surface area contributed by atoms with Crippen molar-refractivity contribution in [1.29, 1.82) is 0 Å². The zero-order valence-electron chi connectivity index (χ0n) is 12.0. The number of ketones is 1. The molecule has 1 aromatic heterocycles. The number of Topliss-reactive ketones (excluding diaryl/α,β-unsaturated/α-hetero) is 1. The average molecular weight is 285 g/mol. The van der Waals surface area contributed by atoms with E-state index in [0.717, 1.165) is 0 Å². The fraction of sp³-hybridized carbons (Fsp3) is 0.200. The van der Waals surface area contributed by atoms with Crippen LogP contribution in [0.2, 0.25) is 0 Å². The standard InChI is InChI=1S/C15H15N3O3/c1-8-14(16)13(15(18(20)21)9(2)17-8)12-6-4-11(5-7-12)10(3)19/h4-7H,16H2,1-3H3. The van der Waals surface area contributed by atoms with Gasteiger partial charge in [0.05, 0.1) is 21.9 Å². The Kier molecular flexibility index (Phi) is 3.71. The van der Waals surface area contributed by atoms with E-state index in [2.05, 4.69) is 4.98 Å². The molecule has 0 fully saturated rings. The van der Waals surface area contributed by atoms with Crippen LogP contribution in [0.15, 0.2) is 24.3 Å². The van der Waals surface area contributed by atoms with Crippen molar-refractivity contribution in [3.63, 3.8) is 0 Å². The molecule has 0 unspecified atom stereocenters. The molecule has 0 saturated heterocycles. The minimum absolute atomic E-state index is 0.0638. The number of nitrogens with zero attached hydrogens (tertiary/aromatic N) is 2. The number of benzene rings is 1. The van der Waals surface area contributed by atoms with Crippen molar-refractivity contribution in [1.82, 2.24) is 4.98 Å². The van der Waals surface area contributed by atoms with Gasteiger partial charge in [-0.2, -0.15) is 0 Å². The summed E-state index contributed by atoms with van der Waals surface area (Å²) in [6.07, 6.45) is 0. The molecule has 2 rings (SSSR count). The van der Waals surface area contributed by atoms with E-state index in [1.54, 1.807) is 38.1 Å². The summed E-state index contributed by atoms with van der Waals surface area (Å²) >= 11 is 0. The Labute approximate surface area is 121 Å². The van der Waals surface area contributed by atoms with E-state index in [0.29, 0.717) is 28.1 Å². The second-order valence-electron chi connectivity index (χ2n) is 4.81. The summed E-state index contributed by atoms with van der Waals surface area (Å²) in [6.45, 7) is 4.75. The highest BCUT2D eigenvalue weighted by atomic mass is 16.6. The smallest absolute Gasteiger partial charge is 0.300 e. The predicted molar refractivity (Wildman–Crippen MR) is 80.2 cm³/mol. The van der Waals surface area contributed by atoms with Crippen molar-refractivity contribution >= 4 is 17.2 Å². The zero-order chi connectivity index (χ0) is 15.7. The van der Waals surface area contributed by atoms with Crippen LogP contribution in [-0.4, -0.2) is 15.7 Å². The van der Waals surface area contributed by atoms with E-state index in [1.807, 2.05) is 0 Å². The Bertz CT molecular complexity index is 737. The van der Waals surface area contributed by atoms with Gasteiger partial charge in [0, 0.05) is 5.56 Å². The second kappa shape index (κ2) is 5.32.